The van der Waals surface area contributed by atoms with Gasteiger partial charge in [0.25, 0.3) is 5.91 Å². The number of nitrogens with one attached hydrogen (secondary N) is 2. The summed E-state index contributed by atoms with van der Waals surface area (Å²) in [6, 6.07) is 7.58. The van der Waals surface area contributed by atoms with Crippen LogP contribution in [0, 0.1) is 0 Å². The third kappa shape index (κ3) is 4.53. The van der Waals surface area contributed by atoms with Crippen LogP contribution in [0.4, 0.5) is 22.5 Å². The minimum Gasteiger partial charge on any atom is -0.370 e. The third-order valence-electron chi connectivity index (χ3n) is 5.28. The summed E-state index contributed by atoms with van der Waals surface area (Å²) in [4.78, 5) is 30.4. The minimum atomic E-state index is -0.0348. The van der Waals surface area contributed by atoms with Crippen LogP contribution in [0.2, 0.25) is 5.02 Å². The molecule has 0 unspecified atom stereocenters. The van der Waals surface area contributed by atoms with Crippen molar-refractivity contribution in [2.24, 2.45) is 0 Å². The molecular weight excluding hydrogens is 450 g/mol. The van der Waals surface area contributed by atoms with Crippen molar-refractivity contribution >= 4 is 51.3 Å². The van der Waals surface area contributed by atoms with Crippen molar-refractivity contribution in [3.8, 4) is 10.6 Å². The van der Waals surface area contributed by atoms with Crippen LogP contribution in [-0.4, -0.2) is 66.8 Å². The summed E-state index contributed by atoms with van der Waals surface area (Å²) in [6.45, 7) is 4.99. The Morgan fingerprint density at radius 3 is 2.69 bits per heavy atom. The first kappa shape index (κ1) is 21.1. The number of nitrogens with zero attached hydrogens (tertiary/aromatic N) is 5. The zero-order valence-electron chi connectivity index (χ0n) is 17.3. The van der Waals surface area contributed by atoms with Gasteiger partial charge in [0, 0.05) is 50.3 Å². The van der Waals surface area contributed by atoms with Crippen molar-refractivity contribution in [2.45, 2.75) is 0 Å². The number of hydrogen-bond acceptors (Lipinski definition) is 9. The number of carbonyl (C=O) groups excluding carboxylic acids is 1. The molecule has 9 nitrogen and oxygen atoms in total. The van der Waals surface area contributed by atoms with Gasteiger partial charge in [0.05, 0.1) is 22.7 Å². The Labute approximate surface area is 194 Å². The number of piperazine rings is 1. The molecule has 2 aliphatic heterocycles. The summed E-state index contributed by atoms with van der Waals surface area (Å²) in [5, 5.41) is 8.01. The van der Waals surface area contributed by atoms with E-state index >= 15 is 0 Å². The summed E-state index contributed by atoms with van der Waals surface area (Å²) < 4.78 is 5.19. The average molecular weight is 472 g/mol. The second-order valence-electron chi connectivity index (χ2n) is 7.40. The summed E-state index contributed by atoms with van der Waals surface area (Å²) >= 11 is 7.98. The van der Waals surface area contributed by atoms with Gasteiger partial charge >= 0.3 is 0 Å². The van der Waals surface area contributed by atoms with Gasteiger partial charge in [0.1, 0.15) is 12.3 Å². The fourth-order valence-corrected chi connectivity index (χ4v) is 4.84. The van der Waals surface area contributed by atoms with E-state index < -0.39 is 0 Å². The molecule has 4 heterocycles. The molecule has 0 radical (unpaired) electrons. The van der Waals surface area contributed by atoms with Crippen LogP contribution in [0.25, 0.3) is 10.6 Å². The lowest BCUT2D eigenvalue weighted by atomic mass is 10.2. The van der Waals surface area contributed by atoms with Crippen LogP contribution in [0.15, 0.2) is 36.7 Å². The van der Waals surface area contributed by atoms with Gasteiger partial charge in [-0.25, -0.2) is 15.0 Å². The Hall–Kier alpha value is -2.79. The Morgan fingerprint density at radius 1 is 1.09 bits per heavy atom. The van der Waals surface area contributed by atoms with Crippen LogP contribution in [-0.2, 0) is 9.53 Å². The van der Waals surface area contributed by atoms with Gasteiger partial charge in [0.2, 0.25) is 5.95 Å². The molecule has 5 rings (SSSR count). The topological polar surface area (TPSA) is 95.5 Å². The monoisotopic (exact) mass is 471 g/mol. The van der Waals surface area contributed by atoms with Crippen molar-refractivity contribution in [2.75, 3.05) is 61.1 Å². The quantitative estimate of drug-likeness (QED) is 0.586. The normalized spacial score (nSPS) is 17.0. The first-order valence-corrected chi connectivity index (χ1v) is 11.6. The maximum absolute atomic E-state index is 12.0. The largest absolute Gasteiger partial charge is 0.370 e. The van der Waals surface area contributed by atoms with E-state index in [4.69, 9.17) is 16.3 Å². The summed E-state index contributed by atoms with van der Waals surface area (Å²) in [5.41, 5.74) is 2.30. The SMILES string of the molecule is O=C1COCCN1c1ccc(Nc2ncc(Cl)c(-c3cnc(N4CCNCC4)s3)n2)cc1. The molecule has 0 bridgehead atoms. The molecule has 0 spiro atoms. The van der Waals surface area contributed by atoms with E-state index in [1.54, 1.807) is 22.4 Å². The second kappa shape index (κ2) is 9.37. The van der Waals surface area contributed by atoms with Gasteiger partial charge in [-0.05, 0) is 24.3 Å². The van der Waals surface area contributed by atoms with Gasteiger partial charge < -0.3 is 25.2 Å². The predicted molar refractivity (Wildman–Crippen MR) is 126 cm³/mol. The molecule has 0 aliphatic carbocycles. The number of amides is 1. The Bertz CT molecular complexity index is 1100. The highest BCUT2D eigenvalue weighted by atomic mass is 35.5. The van der Waals surface area contributed by atoms with E-state index in [0.29, 0.717) is 29.8 Å². The molecule has 0 atom stereocenters. The molecule has 2 aromatic heterocycles. The number of carbonyl (C=O) groups is 1. The lowest BCUT2D eigenvalue weighted by Gasteiger charge is -2.26. The van der Waals surface area contributed by atoms with Crippen molar-refractivity contribution in [1.29, 1.82) is 0 Å². The number of morpholine rings is 1. The number of aromatic nitrogens is 3. The molecular formula is C21H22ClN7O2S. The van der Waals surface area contributed by atoms with Crippen molar-refractivity contribution in [3.05, 3.63) is 41.7 Å². The Kier molecular flexibility index (Phi) is 6.17. The summed E-state index contributed by atoms with van der Waals surface area (Å²) in [5.74, 6) is 0.407. The van der Waals surface area contributed by atoms with Crippen molar-refractivity contribution in [3.63, 3.8) is 0 Å². The minimum absolute atomic E-state index is 0.0348. The fraction of sp³-hybridized carbons (Fsp3) is 0.333. The lowest BCUT2D eigenvalue weighted by molar-refractivity contribution is -0.125. The molecule has 3 aromatic rings. The van der Waals surface area contributed by atoms with Crippen molar-refractivity contribution in [1.82, 2.24) is 20.3 Å². The highest BCUT2D eigenvalue weighted by Crippen LogP contribution is 2.34. The molecule has 2 aliphatic rings. The van der Waals surface area contributed by atoms with Crippen LogP contribution >= 0.6 is 22.9 Å². The maximum atomic E-state index is 12.0. The lowest BCUT2D eigenvalue weighted by Crippen LogP contribution is -2.43. The number of anilines is 4. The highest BCUT2D eigenvalue weighted by Gasteiger charge is 2.20. The number of rotatable bonds is 5. The average Bonchev–Trinajstić information content (AvgIpc) is 3.32. The molecule has 2 saturated heterocycles. The standard InChI is InChI=1S/C21H22ClN7O2S/c22-16-11-24-20(26-14-1-3-15(4-2-14)29-9-10-31-13-18(29)30)27-19(16)17-12-25-21(32-17)28-7-5-23-6-8-28/h1-4,11-12,23H,5-10,13H2,(H,24,26,27). The molecule has 0 saturated carbocycles. The summed E-state index contributed by atoms with van der Waals surface area (Å²) in [7, 11) is 0. The number of benzene rings is 1. The zero-order chi connectivity index (χ0) is 21.9. The van der Waals surface area contributed by atoms with E-state index in [9.17, 15) is 4.79 Å². The van der Waals surface area contributed by atoms with Crippen molar-refractivity contribution < 1.29 is 9.53 Å². The predicted octanol–water partition coefficient (Wildman–Crippen LogP) is 2.77. The second-order valence-corrected chi connectivity index (χ2v) is 8.82. The zero-order valence-corrected chi connectivity index (χ0v) is 18.8. The molecule has 2 N–H and O–H groups in total. The number of ether oxygens (including phenoxy) is 1. The van der Waals surface area contributed by atoms with Crippen LogP contribution in [0.3, 0.4) is 0 Å². The first-order valence-electron chi connectivity index (χ1n) is 10.4. The third-order valence-corrected chi connectivity index (χ3v) is 6.62. The van der Waals surface area contributed by atoms with E-state index in [1.165, 1.54) is 0 Å². The van der Waals surface area contributed by atoms with Crippen LogP contribution < -0.4 is 20.4 Å². The van der Waals surface area contributed by atoms with Gasteiger partial charge in [0.15, 0.2) is 5.13 Å². The van der Waals surface area contributed by atoms with Gasteiger partial charge in [-0.15, -0.1) is 0 Å². The number of thiazole rings is 1. The Morgan fingerprint density at radius 2 is 1.91 bits per heavy atom. The fourth-order valence-electron chi connectivity index (χ4n) is 3.62. The van der Waals surface area contributed by atoms with E-state index in [0.717, 1.165) is 47.6 Å². The maximum Gasteiger partial charge on any atom is 0.253 e. The number of halogens is 1. The van der Waals surface area contributed by atoms with E-state index in [2.05, 4.69) is 30.5 Å². The molecule has 1 aromatic carbocycles. The first-order chi connectivity index (χ1) is 15.7. The highest BCUT2D eigenvalue weighted by molar-refractivity contribution is 7.18. The molecule has 11 heteroatoms. The van der Waals surface area contributed by atoms with Gasteiger partial charge in [-0.3, -0.25) is 4.79 Å². The molecule has 1 amide bonds. The molecule has 32 heavy (non-hydrogen) atoms. The molecule has 166 valence electrons. The smallest absolute Gasteiger partial charge is 0.253 e. The van der Waals surface area contributed by atoms with Gasteiger partial charge in [-0.2, -0.15) is 0 Å². The van der Waals surface area contributed by atoms with Crippen LogP contribution in [0.1, 0.15) is 0 Å². The van der Waals surface area contributed by atoms with E-state index in [-0.39, 0.29) is 12.5 Å². The Balaban J connectivity index is 1.32. The van der Waals surface area contributed by atoms with E-state index in [1.807, 2.05) is 30.5 Å². The molecule has 2 fully saturated rings. The summed E-state index contributed by atoms with van der Waals surface area (Å²) in [6.07, 6.45) is 3.41. The van der Waals surface area contributed by atoms with Gasteiger partial charge in [-0.1, -0.05) is 22.9 Å². The number of hydrogen-bond donors (Lipinski definition) is 2. The van der Waals surface area contributed by atoms with Crippen LogP contribution in [0.5, 0.6) is 0 Å².